The van der Waals surface area contributed by atoms with Gasteiger partial charge in [-0.15, -0.1) is 0 Å². The zero-order valence-electron chi connectivity index (χ0n) is 28.0. The van der Waals surface area contributed by atoms with Gasteiger partial charge in [0.05, 0.1) is 17.4 Å². The Kier molecular flexibility index (Phi) is 6.44. The maximum Gasteiger partial charge on any atom is 0.227 e. The molecule has 0 aliphatic carbocycles. The van der Waals surface area contributed by atoms with Gasteiger partial charge in [-0.3, -0.25) is 4.99 Å². The molecule has 0 saturated heterocycles. The Morgan fingerprint density at radius 1 is 0.491 bits per heavy atom. The van der Waals surface area contributed by atoms with Gasteiger partial charge in [0.1, 0.15) is 22.2 Å². The van der Waals surface area contributed by atoms with E-state index in [0.717, 1.165) is 77.1 Å². The Morgan fingerprint density at radius 2 is 1.21 bits per heavy atom. The number of aliphatic imine (C=N–C) groups is 2. The summed E-state index contributed by atoms with van der Waals surface area (Å²) in [7, 11) is 0. The van der Waals surface area contributed by atoms with Crippen LogP contribution in [0.5, 0.6) is 0 Å². The fourth-order valence-corrected chi connectivity index (χ4v) is 7.16. The van der Waals surface area contributed by atoms with Crippen molar-refractivity contribution in [1.82, 2.24) is 9.97 Å². The smallest absolute Gasteiger partial charge is 0.227 e. The number of amidine groups is 2. The predicted molar refractivity (Wildman–Crippen MR) is 209 cm³/mol. The molecule has 8 nitrogen and oxygen atoms in total. The molecule has 7 aromatic carbocycles. The van der Waals surface area contributed by atoms with Crippen molar-refractivity contribution in [2.45, 2.75) is 6.17 Å². The molecule has 0 N–H and O–H groups in total. The first-order chi connectivity index (χ1) is 26.2. The number of aromatic nitrogens is 2. The summed E-state index contributed by atoms with van der Waals surface area (Å²) in [5.41, 5.74) is 8.94. The third-order valence-corrected chi connectivity index (χ3v) is 9.71. The number of fused-ring (bicyclic) bond motifs is 8. The summed E-state index contributed by atoms with van der Waals surface area (Å²) < 4.78 is 19.0. The Balaban J connectivity index is 1.05. The topological polar surface area (TPSA) is 104 Å². The molecule has 53 heavy (non-hydrogen) atoms. The number of hydrogen-bond donors (Lipinski definition) is 0. The van der Waals surface area contributed by atoms with Crippen LogP contribution in [0.4, 0.5) is 0 Å². The van der Waals surface area contributed by atoms with Crippen LogP contribution in [0.15, 0.2) is 175 Å². The minimum absolute atomic E-state index is 0.548. The van der Waals surface area contributed by atoms with Crippen LogP contribution in [0.25, 0.3) is 83.1 Å². The first-order valence-electron chi connectivity index (χ1n) is 17.3. The average Bonchev–Trinajstić information content (AvgIpc) is 3.97. The fourth-order valence-electron chi connectivity index (χ4n) is 7.16. The van der Waals surface area contributed by atoms with E-state index in [1.807, 2.05) is 127 Å². The number of hydrogen-bond acceptors (Lipinski definition) is 7. The van der Waals surface area contributed by atoms with Crippen molar-refractivity contribution in [2.24, 2.45) is 9.98 Å². The van der Waals surface area contributed by atoms with E-state index in [9.17, 15) is 0 Å². The monoisotopic (exact) mass is 684 g/mol. The van der Waals surface area contributed by atoms with E-state index in [4.69, 9.17) is 38.5 Å². The van der Waals surface area contributed by atoms with E-state index in [-0.39, 0.29) is 0 Å². The highest BCUT2D eigenvalue weighted by Gasteiger charge is 2.20. The lowest BCUT2D eigenvalue weighted by molar-refractivity contribution is 0.619. The Bertz CT molecular complexity index is 3070. The quantitative estimate of drug-likeness (QED) is 0.179. The maximum absolute atomic E-state index is 6.47. The lowest BCUT2D eigenvalue weighted by Crippen LogP contribution is -2.16. The molecule has 0 saturated carbocycles. The Labute approximate surface area is 301 Å². The fraction of sp³-hybridized carbons (Fsp3) is 0.0222. The summed E-state index contributed by atoms with van der Waals surface area (Å²) in [6, 6.07) is 50.1. The molecule has 4 heterocycles. The van der Waals surface area contributed by atoms with Gasteiger partial charge in [0, 0.05) is 16.5 Å². The number of para-hydroxylation sites is 2. The van der Waals surface area contributed by atoms with Gasteiger partial charge in [0.15, 0.2) is 11.2 Å². The number of benzene rings is 7. The summed E-state index contributed by atoms with van der Waals surface area (Å²) in [4.78, 5) is 19.7. The van der Waals surface area contributed by atoms with Crippen molar-refractivity contribution in [3.05, 3.63) is 174 Å². The van der Waals surface area contributed by atoms with Crippen LogP contribution < -0.4 is 0 Å². The van der Waals surface area contributed by atoms with E-state index >= 15 is 0 Å². The van der Waals surface area contributed by atoms with E-state index in [0.29, 0.717) is 29.0 Å². The number of nitrogens with zero attached hydrogens (tertiary/aromatic N) is 5. The number of rotatable bonds is 5. The Hall–Kier alpha value is -7.32. The van der Waals surface area contributed by atoms with Gasteiger partial charge >= 0.3 is 0 Å². The number of furan rings is 1. The van der Waals surface area contributed by atoms with Gasteiger partial charge in [-0.1, -0.05) is 96.8 Å². The van der Waals surface area contributed by atoms with Crippen LogP contribution in [-0.4, -0.2) is 21.6 Å². The second kappa shape index (κ2) is 11.6. The molecule has 0 bridgehead atoms. The first-order valence-corrected chi connectivity index (χ1v) is 17.3. The van der Waals surface area contributed by atoms with E-state index in [1.54, 1.807) is 0 Å². The van der Waals surface area contributed by atoms with Crippen LogP contribution in [0.3, 0.4) is 0 Å². The normalized spacial score (nSPS) is 14.6. The van der Waals surface area contributed by atoms with Crippen molar-refractivity contribution in [1.29, 1.82) is 0 Å². The van der Waals surface area contributed by atoms with Crippen molar-refractivity contribution in [2.75, 3.05) is 0 Å². The molecule has 1 unspecified atom stereocenters. The summed E-state index contributed by atoms with van der Waals surface area (Å²) in [6.45, 7) is 0. The highest BCUT2D eigenvalue weighted by molar-refractivity contribution is 6.26. The molecule has 250 valence electrons. The second-order valence-electron chi connectivity index (χ2n) is 13.0. The molecule has 3 aromatic heterocycles. The third-order valence-electron chi connectivity index (χ3n) is 9.71. The lowest BCUT2D eigenvalue weighted by atomic mass is 10.00. The molecular formula is C45H26N5O3-. The SMILES string of the molecule is c1ccc(C2=NC(c3cccc(-c4nc5ccccc5o4)c3)[N-]C(c3ccc4ccc5oc6ccc7nc(-c8ccccc8)oc7c6c5c4c3)=N2)cc1. The molecule has 10 aromatic rings. The molecule has 1 atom stereocenters. The van der Waals surface area contributed by atoms with Crippen molar-refractivity contribution < 1.29 is 13.3 Å². The lowest BCUT2D eigenvalue weighted by Gasteiger charge is -2.32. The Morgan fingerprint density at radius 3 is 2.08 bits per heavy atom. The minimum atomic E-state index is -0.548. The predicted octanol–water partition coefficient (Wildman–Crippen LogP) is 11.6. The molecule has 1 aliphatic heterocycles. The molecule has 11 rings (SSSR count). The second-order valence-corrected chi connectivity index (χ2v) is 13.0. The molecule has 0 spiro atoms. The van der Waals surface area contributed by atoms with Crippen LogP contribution in [-0.2, 0) is 0 Å². The van der Waals surface area contributed by atoms with Gasteiger partial charge in [0.2, 0.25) is 11.8 Å². The summed E-state index contributed by atoms with van der Waals surface area (Å²) in [6.07, 6.45) is -0.548. The van der Waals surface area contributed by atoms with Crippen LogP contribution in [0, 0.1) is 0 Å². The molecule has 0 radical (unpaired) electrons. The van der Waals surface area contributed by atoms with E-state index < -0.39 is 6.17 Å². The molecule has 0 fully saturated rings. The average molecular weight is 685 g/mol. The molecular weight excluding hydrogens is 659 g/mol. The van der Waals surface area contributed by atoms with Crippen LogP contribution in [0.1, 0.15) is 22.9 Å². The van der Waals surface area contributed by atoms with Gasteiger partial charge < -0.3 is 23.6 Å². The largest absolute Gasteiger partial charge is 0.456 e. The summed E-state index contributed by atoms with van der Waals surface area (Å²) in [5, 5.41) is 9.06. The molecule has 0 amide bonds. The molecule has 1 aliphatic rings. The zero-order chi connectivity index (χ0) is 34.9. The van der Waals surface area contributed by atoms with Crippen molar-refractivity contribution >= 4 is 66.6 Å². The van der Waals surface area contributed by atoms with Crippen molar-refractivity contribution in [3.63, 3.8) is 0 Å². The highest BCUT2D eigenvalue weighted by Crippen LogP contribution is 2.41. The van der Waals surface area contributed by atoms with Crippen LogP contribution >= 0.6 is 0 Å². The van der Waals surface area contributed by atoms with E-state index in [2.05, 4.69) is 24.3 Å². The number of oxazole rings is 2. The maximum atomic E-state index is 6.47. The minimum Gasteiger partial charge on any atom is -0.456 e. The molecule has 8 heteroatoms. The summed E-state index contributed by atoms with van der Waals surface area (Å²) in [5.74, 6) is 2.31. The van der Waals surface area contributed by atoms with Crippen LogP contribution in [0.2, 0.25) is 0 Å². The zero-order valence-corrected chi connectivity index (χ0v) is 28.0. The summed E-state index contributed by atoms with van der Waals surface area (Å²) >= 11 is 0. The van der Waals surface area contributed by atoms with E-state index in [1.165, 1.54) is 0 Å². The third kappa shape index (κ3) is 4.92. The van der Waals surface area contributed by atoms with Crippen molar-refractivity contribution in [3.8, 4) is 22.9 Å². The highest BCUT2D eigenvalue weighted by atomic mass is 16.4. The standard InChI is InChI=1S/C45H26N5O3/c1-3-10-27(11-4-1)41-48-42(29-14-9-15-31(24-29)45-46-33-16-7-8-17-35(33)52-45)50-43(49-41)30-19-18-26-20-22-36-38(32(26)25-30)39-37(51-36)23-21-34-40(39)53-44(47-34)28-12-5-2-6-13-28/h1-25,42H/q-1. The van der Waals surface area contributed by atoms with Gasteiger partial charge in [0.25, 0.3) is 0 Å². The van der Waals surface area contributed by atoms with Gasteiger partial charge in [-0.25, -0.2) is 9.97 Å². The van der Waals surface area contributed by atoms with Gasteiger partial charge in [-0.05, 0) is 88.1 Å². The van der Waals surface area contributed by atoms with Gasteiger partial charge in [-0.2, -0.15) is 0 Å². The first kappa shape index (κ1) is 29.4.